The van der Waals surface area contributed by atoms with Gasteiger partial charge in [-0.15, -0.1) is 0 Å². The number of urea groups is 1. The molecule has 1 fully saturated rings. The van der Waals surface area contributed by atoms with E-state index in [4.69, 9.17) is 4.74 Å². The summed E-state index contributed by atoms with van der Waals surface area (Å²) in [6, 6.07) is 11.8. The summed E-state index contributed by atoms with van der Waals surface area (Å²) >= 11 is 0. The van der Waals surface area contributed by atoms with E-state index in [2.05, 4.69) is 24.1 Å². The Kier molecular flexibility index (Phi) is 6.20. The molecule has 2 aromatic carbocycles. The highest BCUT2D eigenvalue weighted by atomic mass is 16.5. The summed E-state index contributed by atoms with van der Waals surface area (Å²) in [5, 5.41) is 2.24. The van der Waals surface area contributed by atoms with E-state index in [-0.39, 0.29) is 5.57 Å². The fourth-order valence-electron chi connectivity index (χ4n) is 3.42. The zero-order chi connectivity index (χ0) is 21.8. The molecule has 0 radical (unpaired) electrons. The summed E-state index contributed by atoms with van der Waals surface area (Å²) < 4.78 is 5.49. The molecule has 0 aliphatic carbocycles. The first-order valence-electron chi connectivity index (χ1n) is 9.80. The lowest BCUT2D eigenvalue weighted by Crippen LogP contribution is -2.54. The van der Waals surface area contributed by atoms with E-state index in [0.717, 1.165) is 29.2 Å². The summed E-state index contributed by atoms with van der Waals surface area (Å²) in [7, 11) is 1.54. The summed E-state index contributed by atoms with van der Waals surface area (Å²) in [6.07, 6.45) is 1.46. The van der Waals surface area contributed by atoms with Crippen molar-refractivity contribution in [2.45, 2.75) is 20.8 Å². The van der Waals surface area contributed by atoms with Gasteiger partial charge in [0.1, 0.15) is 11.3 Å². The fourth-order valence-corrected chi connectivity index (χ4v) is 3.42. The number of nitrogens with zero attached hydrogens (tertiary/aromatic N) is 2. The topological polar surface area (TPSA) is 79.0 Å². The summed E-state index contributed by atoms with van der Waals surface area (Å²) in [6.45, 7) is 7.67. The van der Waals surface area contributed by atoms with E-state index in [0.29, 0.717) is 17.0 Å². The molecule has 0 bridgehead atoms. The van der Waals surface area contributed by atoms with Gasteiger partial charge in [-0.1, -0.05) is 12.1 Å². The average molecular weight is 407 g/mol. The summed E-state index contributed by atoms with van der Waals surface area (Å²) in [5.74, 6) is -0.875. The van der Waals surface area contributed by atoms with Gasteiger partial charge in [0.15, 0.2) is 0 Å². The molecule has 4 amide bonds. The quantitative estimate of drug-likeness (QED) is 0.586. The van der Waals surface area contributed by atoms with Gasteiger partial charge in [0.2, 0.25) is 0 Å². The van der Waals surface area contributed by atoms with Crippen molar-refractivity contribution in [3.8, 4) is 5.75 Å². The van der Waals surface area contributed by atoms with E-state index in [9.17, 15) is 14.4 Å². The smallest absolute Gasteiger partial charge is 0.335 e. The minimum absolute atomic E-state index is 0.134. The van der Waals surface area contributed by atoms with Crippen LogP contribution in [0.3, 0.4) is 0 Å². The molecule has 7 heteroatoms. The number of hydrogen-bond acceptors (Lipinski definition) is 5. The van der Waals surface area contributed by atoms with Crippen LogP contribution in [-0.4, -0.2) is 38.0 Å². The number of barbiturate groups is 1. The number of carbonyl (C=O) groups excluding carboxylic acids is 3. The maximum absolute atomic E-state index is 13.1. The van der Waals surface area contributed by atoms with Crippen molar-refractivity contribution in [3.63, 3.8) is 0 Å². The van der Waals surface area contributed by atoms with Crippen LogP contribution in [0.5, 0.6) is 5.75 Å². The molecular weight excluding hydrogens is 382 g/mol. The lowest BCUT2D eigenvalue weighted by Gasteiger charge is -2.27. The van der Waals surface area contributed by atoms with Crippen molar-refractivity contribution in [2.75, 3.05) is 30.0 Å². The van der Waals surface area contributed by atoms with Crippen molar-refractivity contribution in [2.24, 2.45) is 0 Å². The third kappa shape index (κ3) is 4.05. The van der Waals surface area contributed by atoms with Crippen LogP contribution in [0, 0.1) is 6.92 Å². The largest absolute Gasteiger partial charge is 0.496 e. The first-order valence-corrected chi connectivity index (χ1v) is 9.80. The van der Waals surface area contributed by atoms with Gasteiger partial charge >= 0.3 is 6.03 Å². The van der Waals surface area contributed by atoms with Gasteiger partial charge in [-0.2, -0.15) is 0 Å². The molecule has 1 aliphatic rings. The molecule has 0 spiro atoms. The number of ether oxygens (including phenoxy) is 1. The zero-order valence-electron chi connectivity index (χ0n) is 17.6. The summed E-state index contributed by atoms with van der Waals surface area (Å²) in [4.78, 5) is 41.0. The van der Waals surface area contributed by atoms with E-state index in [1.807, 2.05) is 25.1 Å². The second kappa shape index (κ2) is 8.82. The van der Waals surface area contributed by atoms with E-state index < -0.39 is 17.8 Å². The number of hydrogen-bond donors (Lipinski definition) is 1. The average Bonchev–Trinajstić information content (AvgIpc) is 2.72. The summed E-state index contributed by atoms with van der Waals surface area (Å²) in [5.41, 5.74) is 2.72. The number of imide groups is 2. The van der Waals surface area contributed by atoms with E-state index in [1.54, 1.807) is 24.3 Å². The van der Waals surface area contributed by atoms with Crippen LogP contribution in [0.25, 0.3) is 6.08 Å². The third-order valence-electron chi connectivity index (χ3n) is 5.01. The first kappa shape index (κ1) is 21.1. The Labute approximate surface area is 175 Å². The van der Waals surface area contributed by atoms with E-state index in [1.165, 1.54) is 13.2 Å². The SMILES string of the molecule is CCN(CC)c1ccc(C=C2C(=O)NC(=O)N(c3cccc(C)c3)C2=O)c(OC)c1. The number of methoxy groups -OCH3 is 1. The van der Waals surface area contributed by atoms with Gasteiger partial charge in [-0.25, -0.2) is 9.69 Å². The molecule has 0 atom stereocenters. The van der Waals surface area contributed by atoms with Gasteiger partial charge in [0.05, 0.1) is 12.8 Å². The van der Waals surface area contributed by atoms with Crippen LogP contribution >= 0.6 is 0 Å². The van der Waals surface area contributed by atoms with Crippen LogP contribution in [-0.2, 0) is 9.59 Å². The molecule has 0 unspecified atom stereocenters. The van der Waals surface area contributed by atoms with Gasteiger partial charge in [0.25, 0.3) is 11.8 Å². The van der Waals surface area contributed by atoms with E-state index >= 15 is 0 Å². The highest BCUT2D eigenvalue weighted by molar-refractivity contribution is 6.39. The molecule has 0 aromatic heterocycles. The number of benzene rings is 2. The molecule has 1 aliphatic heterocycles. The van der Waals surface area contributed by atoms with Crippen LogP contribution < -0.4 is 19.9 Å². The molecule has 1 N–H and O–H groups in total. The highest BCUT2D eigenvalue weighted by Gasteiger charge is 2.37. The second-order valence-electron chi connectivity index (χ2n) is 6.90. The lowest BCUT2D eigenvalue weighted by molar-refractivity contribution is -0.122. The molecular formula is C23H25N3O4. The van der Waals surface area contributed by atoms with Crippen molar-refractivity contribution in [1.82, 2.24) is 5.32 Å². The van der Waals surface area contributed by atoms with Gasteiger partial charge in [-0.3, -0.25) is 14.9 Å². The predicted octanol–water partition coefficient (Wildman–Crippen LogP) is 3.52. The van der Waals surface area contributed by atoms with Crippen molar-refractivity contribution in [3.05, 3.63) is 59.2 Å². The number of amides is 4. The molecule has 2 aromatic rings. The monoisotopic (exact) mass is 407 g/mol. The normalized spacial score (nSPS) is 15.4. The van der Waals surface area contributed by atoms with Crippen molar-refractivity contribution < 1.29 is 19.1 Å². The Hall–Kier alpha value is -3.61. The number of carbonyl (C=O) groups is 3. The van der Waals surface area contributed by atoms with Crippen LogP contribution in [0.1, 0.15) is 25.0 Å². The Morgan fingerprint density at radius 3 is 2.43 bits per heavy atom. The van der Waals surface area contributed by atoms with Crippen LogP contribution in [0.15, 0.2) is 48.0 Å². The predicted molar refractivity (Wildman–Crippen MR) is 117 cm³/mol. The number of rotatable bonds is 6. The van der Waals surface area contributed by atoms with Gasteiger partial charge in [-0.05, 0) is 56.7 Å². The number of nitrogens with one attached hydrogen (secondary N) is 1. The number of anilines is 2. The molecule has 0 saturated carbocycles. The molecule has 1 saturated heterocycles. The molecule has 1 heterocycles. The number of aryl methyl sites for hydroxylation is 1. The maximum atomic E-state index is 13.1. The Balaban J connectivity index is 2.02. The molecule has 156 valence electrons. The van der Waals surface area contributed by atoms with Crippen LogP contribution in [0.2, 0.25) is 0 Å². The van der Waals surface area contributed by atoms with Crippen LogP contribution in [0.4, 0.5) is 16.2 Å². The molecule has 3 rings (SSSR count). The van der Waals surface area contributed by atoms with Gasteiger partial charge < -0.3 is 9.64 Å². The Bertz CT molecular complexity index is 1020. The fraction of sp³-hybridized carbons (Fsp3) is 0.261. The third-order valence-corrected chi connectivity index (χ3v) is 5.01. The first-order chi connectivity index (χ1) is 14.4. The minimum Gasteiger partial charge on any atom is -0.496 e. The highest BCUT2D eigenvalue weighted by Crippen LogP contribution is 2.29. The minimum atomic E-state index is -0.767. The maximum Gasteiger partial charge on any atom is 0.335 e. The molecule has 30 heavy (non-hydrogen) atoms. The Morgan fingerprint density at radius 2 is 1.80 bits per heavy atom. The lowest BCUT2D eigenvalue weighted by atomic mass is 10.0. The zero-order valence-corrected chi connectivity index (χ0v) is 17.6. The molecule has 7 nitrogen and oxygen atoms in total. The van der Waals surface area contributed by atoms with Gasteiger partial charge in [0, 0.05) is 30.4 Å². The Morgan fingerprint density at radius 1 is 1.07 bits per heavy atom. The van der Waals surface area contributed by atoms with Crippen molar-refractivity contribution in [1.29, 1.82) is 0 Å². The standard InChI is InChI=1S/C23H25N3O4/c1-5-25(6-2)17-11-10-16(20(14-17)30-4)13-19-21(27)24-23(29)26(22(19)28)18-9-7-8-15(3)12-18/h7-14H,5-6H2,1-4H3,(H,24,27,29). The van der Waals surface area contributed by atoms with Crippen molar-refractivity contribution >= 4 is 35.3 Å². The second-order valence-corrected chi connectivity index (χ2v) is 6.90.